The highest BCUT2D eigenvalue weighted by Crippen LogP contribution is 2.39. The molecule has 2 aromatic heterocycles. The van der Waals surface area contributed by atoms with Crippen LogP contribution in [0.5, 0.6) is 0 Å². The highest BCUT2D eigenvalue weighted by Gasteiger charge is 2.35. The molecule has 0 saturated carbocycles. The molecule has 0 aliphatic carbocycles. The van der Waals surface area contributed by atoms with Crippen molar-refractivity contribution in [3.63, 3.8) is 0 Å². The monoisotopic (exact) mass is 365 g/mol. The van der Waals surface area contributed by atoms with Crippen LogP contribution >= 0.6 is 0 Å². The van der Waals surface area contributed by atoms with Crippen LogP contribution < -0.4 is 0 Å². The third-order valence-electron chi connectivity index (χ3n) is 4.87. The van der Waals surface area contributed by atoms with Crippen LogP contribution in [0.3, 0.4) is 0 Å². The number of amides is 1. The Labute approximate surface area is 155 Å². The molecule has 0 atom stereocenters. The number of carbonyl (C=O) groups excluding carboxylic acids is 1. The Bertz CT molecular complexity index is 1100. The third kappa shape index (κ3) is 2.63. The number of fused-ring (bicyclic) bond motifs is 3. The molecular formula is C20H19N3O4. The van der Waals surface area contributed by atoms with E-state index in [2.05, 4.69) is 5.16 Å². The van der Waals surface area contributed by atoms with Crippen molar-refractivity contribution in [2.45, 2.75) is 26.2 Å². The van der Waals surface area contributed by atoms with Gasteiger partial charge in [-0.05, 0) is 24.6 Å². The number of carboxylic acid groups (broad SMARTS) is 1. The van der Waals surface area contributed by atoms with Crippen molar-refractivity contribution in [1.29, 1.82) is 0 Å². The van der Waals surface area contributed by atoms with Gasteiger partial charge in [-0.1, -0.05) is 37.2 Å². The van der Waals surface area contributed by atoms with Crippen LogP contribution in [0.2, 0.25) is 0 Å². The van der Waals surface area contributed by atoms with Crippen molar-refractivity contribution < 1.29 is 19.2 Å². The molecule has 0 spiro atoms. The van der Waals surface area contributed by atoms with Crippen molar-refractivity contribution in [3.8, 4) is 0 Å². The van der Waals surface area contributed by atoms with Crippen molar-refractivity contribution in [1.82, 2.24) is 14.6 Å². The maximum atomic E-state index is 12.8. The van der Waals surface area contributed by atoms with Crippen molar-refractivity contribution in [3.05, 3.63) is 59.2 Å². The summed E-state index contributed by atoms with van der Waals surface area (Å²) in [6.45, 7) is 6.12. The predicted molar refractivity (Wildman–Crippen MR) is 99.7 cm³/mol. The Morgan fingerprint density at radius 3 is 2.67 bits per heavy atom. The number of para-hydroxylation sites is 1. The molecule has 0 saturated heterocycles. The summed E-state index contributed by atoms with van der Waals surface area (Å²) in [5, 5.41) is 14.4. The van der Waals surface area contributed by atoms with E-state index in [1.165, 1.54) is 4.57 Å². The fourth-order valence-electron chi connectivity index (χ4n) is 3.81. The second-order valence-electron chi connectivity index (χ2n) is 7.35. The van der Waals surface area contributed by atoms with E-state index in [1.807, 2.05) is 32.0 Å². The molecule has 1 aromatic carbocycles. The normalized spacial score (nSPS) is 15.6. The lowest BCUT2D eigenvalue weighted by atomic mass is 9.82. The second-order valence-corrected chi connectivity index (χ2v) is 7.35. The number of rotatable bonds is 1. The van der Waals surface area contributed by atoms with E-state index in [1.54, 1.807) is 36.2 Å². The largest absolute Gasteiger partial charge is 0.464 e. The molecule has 1 aliphatic heterocycles. The van der Waals surface area contributed by atoms with Crippen LogP contribution in [0.25, 0.3) is 17.0 Å². The number of hydrogen-bond acceptors (Lipinski definition) is 4. The molecular weight excluding hydrogens is 346 g/mol. The maximum absolute atomic E-state index is 12.8. The lowest BCUT2D eigenvalue weighted by Gasteiger charge is -2.29. The summed E-state index contributed by atoms with van der Waals surface area (Å²) in [6, 6.07) is 9.01. The first-order valence-electron chi connectivity index (χ1n) is 8.59. The highest BCUT2D eigenvalue weighted by atomic mass is 16.5. The first-order chi connectivity index (χ1) is 12.8. The maximum Gasteiger partial charge on any atom is 0.416 e. The number of nitrogens with zero attached hydrogens (tertiary/aromatic N) is 3. The minimum Gasteiger partial charge on any atom is -0.464 e. The zero-order chi connectivity index (χ0) is 19.3. The Morgan fingerprint density at radius 1 is 1.26 bits per heavy atom. The fourth-order valence-corrected chi connectivity index (χ4v) is 3.81. The minimum atomic E-state index is -1.06. The Hall–Kier alpha value is -3.35. The van der Waals surface area contributed by atoms with E-state index < -0.39 is 11.5 Å². The predicted octanol–water partition coefficient (Wildman–Crippen LogP) is 3.87. The van der Waals surface area contributed by atoms with Crippen LogP contribution in [-0.4, -0.2) is 38.3 Å². The van der Waals surface area contributed by atoms with Gasteiger partial charge in [0.15, 0.2) is 5.69 Å². The molecule has 3 aromatic rings. The van der Waals surface area contributed by atoms with E-state index in [0.717, 1.165) is 10.9 Å². The van der Waals surface area contributed by atoms with Crippen LogP contribution in [0.15, 0.2) is 41.1 Å². The van der Waals surface area contributed by atoms with Gasteiger partial charge >= 0.3 is 6.09 Å². The first kappa shape index (κ1) is 17.1. The summed E-state index contributed by atoms with van der Waals surface area (Å²) in [7, 11) is 0. The smallest absolute Gasteiger partial charge is 0.416 e. The van der Waals surface area contributed by atoms with Gasteiger partial charge in [-0.3, -0.25) is 4.79 Å². The zero-order valence-corrected chi connectivity index (χ0v) is 15.3. The Balaban J connectivity index is 1.88. The van der Waals surface area contributed by atoms with E-state index in [4.69, 9.17) is 4.52 Å². The number of benzene rings is 1. The van der Waals surface area contributed by atoms with Gasteiger partial charge in [0.05, 0.1) is 11.2 Å². The molecule has 1 aliphatic rings. The van der Waals surface area contributed by atoms with Crippen LogP contribution in [0.4, 0.5) is 4.79 Å². The standard InChI is InChI=1S/C20H19N3O4/c1-12-10-14(21-27-12)18(24)22-9-8-16-17(20(2,3)11-22)13-6-4-5-7-15(13)23(16)19(25)26/h4-10H,11H2,1-3H3,(H,25,26). The summed E-state index contributed by atoms with van der Waals surface area (Å²) in [4.78, 5) is 26.3. The number of hydrogen-bond donors (Lipinski definition) is 1. The quantitative estimate of drug-likeness (QED) is 0.707. The molecule has 0 radical (unpaired) electrons. The molecule has 3 heterocycles. The Kier molecular flexibility index (Phi) is 3.69. The van der Waals surface area contributed by atoms with Crippen molar-refractivity contribution in [2.24, 2.45) is 0 Å². The number of aryl methyl sites for hydroxylation is 1. The van der Waals surface area contributed by atoms with Gasteiger partial charge in [0, 0.05) is 29.6 Å². The van der Waals surface area contributed by atoms with Gasteiger partial charge in [0.1, 0.15) is 5.76 Å². The van der Waals surface area contributed by atoms with Crippen molar-refractivity contribution >= 4 is 29.0 Å². The van der Waals surface area contributed by atoms with Gasteiger partial charge in [-0.25, -0.2) is 9.36 Å². The third-order valence-corrected chi connectivity index (χ3v) is 4.87. The molecule has 0 bridgehead atoms. The molecule has 4 rings (SSSR count). The minimum absolute atomic E-state index is 0.227. The number of carbonyl (C=O) groups is 2. The molecule has 27 heavy (non-hydrogen) atoms. The molecule has 7 nitrogen and oxygen atoms in total. The molecule has 138 valence electrons. The number of aromatic nitrogens is 2. The van der Waals surface area contributed by atoms with Gasteiger partial charge in [-0.15, -0.1) is 0 Å². The van der Waals surface area contributed by atoms with Gasteiger partial charge in [-0.2, -0.15) is 0 Å². The van der Waals surface area contributed by atoms with E-state index in [-0.39, 0.29) is 11.6 Å². The molecule has 0 fully saturated rings. The molecule has 1 amide bonds. The second kappa shape index (κ2) is 5.84. The summed E-state index contributed by atoms with van der Waals surface area (Å²) in [5.74, 6) is 0.274. The first-order valence-corrected chi connectivity index (χ1v) is 8.59. The van der Waals surface area contributed by atoms with Gasteiger partial charge in [0.2, 0.25) is 0 Å². The lowest BCUT2D eigenvalue weighted by molar-refractivity contribution is 0.0791. The van der Waals surface area contributed by atoms with Crippen LogP contribution in [-0.2, 0) is 5.41 Å². The van der Waals surface area contributed by atoms with Crippen molar-refractivity contribution in [2.75, 3.05) is 6.54 Å². The average molecular weight is 365 g/mol. The van der Waals surface area contributed by atoms with E-state index in [0.29, 0.717) is 23.5 Å². The summed E-state index contributed by atoms with van der Waals surface area (Å²) in [6.07, 6.45) is 2.25. The lowest BCUT2D eigenvalue weighted by Crippen LogP contribution is -2.37. The average Bonchev–Trinajstić information content (AvgIpc) is 3.15. The molecule has 1 N–H and O–H groups in total. The Morgan fingerprint density at radius 2 is 2.00 bits per heavy atom. The highest BCUT2D eigenvalue weighted by molar-refractivity contribution is 5.98. The van der Waals surface area contributed by atoms with E-state index in [9.17, 15) is 14.7 Å². The van der Waals surface area contributed by atoms with E-state index >= 15 is 0 Å². The molecule has 7 heteroatoms. The van der Waals surface area contributed by atoms with Gasteiger partial charge in [0.25, 0.3) is 5.91 Å². The summed E-state index contributed by atoms with van der Waals surface area (Å²) < 4.78 is 6.29. The summed E-state index contributed by atoms with van der Waals surface area (Å²) in [5.41, 5.74) is 1.86. The van der Waals surface area contributed by atoms with Crippen LogP contribution in [0.1, 0.15) is 41.4 Å². The SMILES string of the molecule is Cc1cc(C(=O)N2C=Cc3c(c4ccccc4n3C(=O)O)C(C)(C)C2)no1. The molecule has 0 unspecified atom stereocenters. The van der Waals surface area contributed by atoms with Crippen LogP contribution in [0, 0.1) is 6.92 Å². The topological polar surface area (TPSA) is 88.6 Å². The fraction of sp³-hybridized carbons (Fsp3) is 0.250. The summed E-state index contributed by atoms with van der Waals surface area (Å²) >= 11 is 0. The zero-order valence-electron chi connectivity index (χ0n) is 15.3. The van der Waals surface area contributed by atoms with Gasteiger partial charge < -0.3 is 14.5 Å².